The molecule has 0 aromatic heterocycles. The van der Waals surface area contributed by atoms with E-state index in [1.165, 1.54) is 24.3 Å². The highest BCUT2D eigenvalue weighted by atomic mass is 35.5. The summed E-state index contributed by atoms with van der Waals surface area (Å²) in [5, 5.41) is 2.13. The fourth-order valence-electron chi connectivity index (χ4n) is 2.10. The Labute approximate surface area is 149 Å². The molecule has 0 spiro atoms. The molecule has 0 aliphatic heterocycles. The molecule has 0 radical (unpaired) electrons. The van der Waals surface area contributed by atoms with Crippen molar-refractivity contribution in [2.75, 3.05) is 22.4 Å². The van der Waals surface area contributed by atoms with Crippen LogP contribution in [0.1, 0.15) is 6.42 Å². The van der Waals surface area contributed by atoms with Crippen molar-refractivity contribution in [2.45, 2.75) is 6.42 Å². The maximum atomic E-state index is 13.5. The minimum atomic E-state index is -3.73. The van der Waals surface area contributed by atoms with Gasteiger partial charge in [0.1, 0.15) is 11.6 Å². The van der Waals surface area contributed by atoms with Crippen LogP contribution in [-0.4, -0.2) is 27.1 Å². The van der Waals surface area contributed by atoms with Crippen LogP contribution in [0, 0.1) is 11.6 Å². The molecule has 1 amide bonds. The van der Waals surface area contributed by atoms with E-state index >= 15 is 0 Å². The van der Waals surface area contributed by atoms with Crippen molar-refractivity contribution in [3.63, 3.8) is 0 Å². The minimum Gasteiger partial charge on any atom is -0.324 e. The molecule has 9 heteroatoms. The van der Waals surface area contributed by atoms with Crippen LogP contribution in [0.4, 0.5) is 20.2 Å². The first-order valence-electron chi connectivity index (χ1n) is 7.15. The van der Waals surface area contributed by atoms with Gasteiger partial charge in [-0.05, 0) is 30.3 Å². The minimum absolute atomic E-state index is 0.00299. The fourth-order valence-corrected chi connectivity index (χ4v) is 3.20. The van der Waals surface area contributed by atoms with Gasteiger partial charge in [0.15, 0.2) is 0 Å². The Morgan fingerprint density at radius 1 is 1.16 bits per heavy atom. The highest BCUT2D eigenvalue weighted by Gasteiger charge is 2.20. The second-order valence-electron chi connectivity index (χ2n) is 5.21. The molecular weight excluding hydrogens is 374 g/mol. The average molecular weight is 389 g/mol. The Kier molecular flexibility index (Phi) is 5.97. The van der Waals surface area contributed by atoms with Crippen LogP contribution in [0.5, 0.6) is 0 Å². The number of hydrogen-bond donors (Lipinski definition) is 1. The summed E-state index contributed by atoms with van der Waals surface area (Å²) in [7, 11) is -3.73. The van der Waals surface area contributed by atoms with E-state index in [9.17, 15) is 22.0 Å². The molecule has 0 aliphatic carbocycles. The lowest BCUT2D eigenvalue weighted by Gasteiger charge is -2.22. The summed E-state index contributed by atoms with van der Waals surface area (Å²) in [5.74, 6) is -1.84. The van der Waals surface area contributed by atoms with E-state index in [4.69, 9.17) is 11.6 Å². The summed E-state index contributed by atoms with van der Waals surface area (Å²) in [6.45, 7) is -0.207. The van der Waals surface area contributed by atoms with Crippen molar-refractivity contribution in [1.82, 2.24) is 0 Å². The van der Waals surface area contributed by atoms with E-state index in [2.05, 4.69) is 5.32 Å². The summed E-state index contributed by atoms with van der Waals surface area (Å²) in [5.41, 5.74) is 0.135. The maximum absolute atomic E-state index is 13.5. The topological polar surface area (TPSA) is 66.5 Å². The lowest BCUT2D eigenvalue weighted by molar-refractivity contribution is -0.116. The van der Waals surface area contributed by atoms with Gasteiger partial charge >= 0.3 is 0 Å². The number of anilines is 2. The summed E-state index contributed by atoms with van der Waals surface area (Å²) in [6, 6.07) is 9.07. The van der Waals surface area contributed by atoms with Crippen LogP contribution in [0.25, 0.3) is 0 Å². The Hall–Kier alpha value is -2.19. The molecule has 2 rings (SSSR count). The highest BCUT2D eigenvalue weighted by Crippen LogP contribution is 2.24. The number of carbonyl (C=O) groups is 1. The molecule has 25 heavy (non-hydrogen) atoms. The number of rotatable bonds is 6. The Morgan fingerprint density at radius 2 is 1.84 bits per heavy atom. The van der Waals surface area contributed by atoms with Gasteiger partial charge in [-0.25, -0.2) is 17.2 Å². The number of carbonyl (C=O) groups excluding carboxylic acids is 1. The van der Waals surface area contributed by atoms with Crippen molar-refractivity contribution in [3.05, 3.63) is 59.1 Å². The third kappa shape index (κ3) is 5.14. The number of amides is 1. The second-order valence-corrected chi connectivity index (χ2v) is 7.53. The molecule has 0 aliphatic rings. The first kappa shape index (κ1) is 19.1. The molecule has 1 N–H and O–H groups in total. The van der Waals surface area contributed by atoms with E-state index in [1.807, 2.05) is 0 Å². The smallest absolute Gasteiger partial charge is 0.232 e. The monoisotopic (exact) mass is 388 g/mol. The summed E-state index contributed by atoms with van der Waals surface area (Å²) in [4.78, 5) is 12.0. The molecule has 134 valence electrons. The molecule has 2 aromatic carbocycles. The van der Waals surface area contributed by atoms with Gasteiger partial charge in [-0.15, -0.1) is 0 Å². The summed E-state index contributed by atoms with van der Waals surface area (Å²) < 4.78 is 51.6. The van der Waals surface area contributed by atoms with Crippen LogP contribution >= 0.6 is 11.6 Å². The van der Waals surface area contributed by atoms with E-state index in [0.717, 1.165) is 22.7 Å². The van der Waals surface area contributed by atoms with Crippen LogP contribution in [0.15, 0.2) is 42.5 Å². The van der Waals surface area contributed by atoms with Gasteiger partial charge in [0.05, 0.1) is 22.7 Å². The first-order chi connectivity index (χ1) is 11.7. The van der Waals surface area contributed by atoms with Gasteiger partial charge in [-0.2, -0.15) is 0 Å². The van der Waals surface area contributed by atoms with E-state index < -0.39 is 27.6 Å². The molecule has 0 saturated carbocycles. The van der Waals surface area contributed by atoms with Gasteiger partial charge in [-0.3, -0.25) is 9.10 Å². The van der Waals surface area contributed by atoms with Gasteiger partial charge in [0.2, 0.25) is 15.9 Å². The SMILES string of the molecule is CS(=O)(=O)N(CCC(=O)Nc1ccccc1F)c1ccc(F)c(Cl)c1. The van der Waals surface area contributed by atoms with Crippen LogP contribution in [0.3, 0.4) is 0 Å². The number of nitrogens with one attached hydrogen (secondary N) is 1. The zero-order valence-corrected chi connectivity index (χ0v) is 14.7. The maximum Gasteiger partial charge on any atom is 0.232 e. The van der Waals surface area contributed by atoms with Gasteiger partial charge in [0, 0.05) is 13.0 Å². The second kappa shape index (κ2) is 7.79. The van der Waals surface area contributed by atoms with Gasteiger partial charge in [0.25, 0.3) is 0 Å². The quantitative estimate of drug-likeness (QED) is 0.824. The van der Waals surface area contributed by atoms with E-state index in [-0.39, 0.29) is 29.4 Å². The van der Waals surface area contributed by atoms with Crippen molar-refractivity contribution in [2.24, 2.45) is 0 Å². The van der Waals surface area contributed by atoms with E-state index in [1.54, 1.807) is 6.07 Å². The zero-order chi connectivity index (χ0) is 18.6. The fraction of sp³-hybridized carbons (Fsp3) is 0.188. The van der Waals surface area contributed by atoms with Gasteiger partial charge in [-0.1, -0.05) is 23.7 Å². The lowest BCUT2D eigenvalue weighted by atomic mass is 10.2. The van der Waals surface area contributed by atoms with Crippen molar-refractivity contribution >= 4 is 38.9 Å². The molecule has 5 nitrogen and oxygen atoms in total. The summed E-state index contributed by atoms with van der Waals surface area (Å²) in [6.07, 6.45) is 0.732. The molecule has 0 atom stereocenters. The summed E-state index contributed by atoms with van der Waals surface area (Å²) >= 11 is 5.68. The zero-order valence-electron chi connectivity index (χ0n) is 13.2. The van der Waals surface area contributed by atoms with E-state index in [0.29, 0.717) is 0 Å². The molecule has 0 fully saturated rings. The standard InChI is InChI=1S/C16H15ClF2N2O3S/c1-25(23,24)21(11-6-7-13(18)12(17)10-11)9-8-16(22)20-15-5-3-2-4-14(15)19/h2-7,10H,8-9H2,1H3,(H,20,22). The third-order valence-electron chi connectivity index (χ3n) is 3.28. The lowest BCUT2D eigenvalue weighted by Crippen LogP contribution is -2.33. The molecule has 0 unspecified atom stereocenters. The molecule has 2 aromatic rings. The first-order valence-corrected chi connectivity index (χ1v) is 9.38. The Morgan fingerprint density at radius 3 is 2.44 bits per heavy atom. The number of hydrogen-bond acceptors (Lipinski definition) is 3. The number of sulfonamides is 1. The Balaban J connectivity index is 2.12. The van der Waals surface area contributed by atoms with Crippen molar-refractivity contribution < 1.29 is 22.0 Å². The third-order valence-corrected chi connectivity index (χ3v) is 4.77. The average Bonchev–Trinajstić information content (AvgIpc) is 2.52. The van der Waals surface area contributed by atoms with Crippen molar-refractivity contribution in [3.8, 4) is 0 Å². The largest absolute Gasteiger partial charge is 0.324 e. The van der Waals surface area contributed by atoms with Crippen LogP contribution < -0.4 is 9.62 Å². The molecular formula is C16H15ClF2N2O3S. The Bertz CT molecular complexity index is 891. The number of para-hydroxylation sites is 1. The van der Waals surface area contributed by atoms with Gasteiger partial charge < -0.3 is 5.32 Å². The number of nitrogens with zero attached hydrogens (tertiary/aromatic N) is 1. The number of halogens is 3. The number of benzene rings is 2. The predicted octanol–water partition coefficient (Wildman–Crippen LogP) is 3.41. The highest BCUT2D eigenvalue weighted by molar-refractivity contribution is 7.92. The molecule has 0 heterocycles. The van der Waals surface area contributed by atoms with Crippen LogP contribution in [0.2, 0.25) is 5.02 Å². The predicted molar refractivity (Wildman–Crippen MR) is 93.2 cm³/mol. The van der Waals surface area contributed by atoms with Crippen molar-refractivity contribution in [1.29, 1.82) is 0 Å². The normalized spacial score (nSPS) is 11.2. The molecule has 0 bridgehead atoms. The molecule has 0 saturated heterocycles. The van der Waals surface area contributed by atoms with Crippen LogP contribution in [-0.2, 0) is 14.8 Å².